The van der Waals surface area contributed by atoms with Crippen molar-refractivity contribution >= 4 is 33.1 Å². The Bertz CT molecular complexity index is 1070. The largest absolute Gasteiger partial charge is 0.302 e. The van der Waals surface area contributed by atoms with Gasteiger partial charge in [0.05, 0.1) is 23.2 Å². The first kappa shape index (κ1) is 19.7. The zero-order valence-corrected chi connectivity index (χ0v) is 17.5. The van der Waals surface area contributed by atoms with Crippen molar-refractivity contribution in [1.29, 1.82) is 0 Å². The van der Waals surface area contributed by atoms with Gasteiger partial charge in [-0.3, -0.25) is 14.5 Å². The number of H-pyrrole nitrogens is 1. The molecule has 7 nitrogen and oxygen atoms in total. The fraction of sp³-hybridized carbons (Fsp3) is 0.429. The molecule has 1 saturated heterocycles. The predicted octanol–water partition coefficient (Wildman–Crippen LogP) is 3.04. The summed E-state index contributed by atoms with van der Waals surface area (Å²) in [6.45, 7) is 7.59. The van der Waals surface area contributed by atoms with Crippen LogP contribution < -0.4 is 10.9 Å². The predicted molar refractivity (Wildman–Crippen MR) is 115 cm³/mol. The monoisotopic (exact) mass is 411 g/mol. The normalized spacial score (nSPS) is 20.1. The summed E-state index contributed by atoms with van der Waals surface area (Å²) >= 11 is 1.44. The Morgan fingerprint density at radius 2 is 1.97 bits per heavy atom. The molecule has 0 spiro atoms. The minimum absolute atomic E-state index is 0.0767. The van der Waals surface area contributed by atoms with Crippen LogP contribution in [0.25, 0.3) is 10.8 Å². The molecule has 3 heterocycles. The van der Waals surface area contributed by atoms with E-state index in [9.17, 15) is 9.59 Å². The highest BCUT2D eigenvalue weighted by molar-refractivity contribution is 7.13. The zero-order chi connectivity index (χ0) is 20.4. The van der Waals surface area contributed by atoms with Crippen LogP contribution in [0, 0.1) is 11.8 Å². The third kappa shape index (κ3) is 4.71. The first-order valence-corrected chi connectivity index (χ1v) is 10.8. The molecule has 0 bridgehead atoms. The summed E-state index contributed by atoms with van der Waals surface area (Å²) in [6, 6.07) is 7.16. The number of carbonyl (C=O) groups excluding carboxylic acids is 1. The molecule has 0 radical (unpaired) electrons. The van der Waals surface area contributed by atoms with Crippen molar-refractivity contribution in [3.05, 3.63) is 51.4 Å². The van der Waals surface area contributed by atoms with Gasteiger partial charge < -0.3 is 5.32 Å². The van der Waals surface area contributed by atoms with Crippen molar-refractivity contribution < 1.29 is 4.79 Å². The number of aromatic amines is 1. The topological polar surface area (TPSA) is 91.0 Å². The minimum Gasteiger partial charge on any atom is -0.302 e. The van der Waals surface area contributed by atoms with Crippen LogP contribution in [0.4, 0.5) is 5.13 Å². The van der Waals surface area contributed by atoms with Gasteiger partial charge in [0.2, 0.25) is 5.91 Å². The van der Waals surface area contributed by atoms with Gasteiger partial charge in [-0.2, -0.15) is 5.10 Å². The average molecular weight is 412 g/mol. The van der Waals surface area contributed by atoms with Crippen molar-refractivity contribution in [2.24, 2.45) is 11.8 Å². The zero-order valence-electron chi connectivity index (χ0n) is 16.6. The summed E-state index contributed by atoms with van der Waals surface area (Å²) in [5.41, 5.74) is 1.28. The molecule has 2 atom stereocenters. The number of rotatable bonds is 5. The summed E-state index contributed by atoms with van der Waals surface area (Å²) in [6.07, 6.45) is 1.36. The molecule has 1 amide bonds. The molecule has 1 aromatic carbocycles. The van der Waals surface area contributed by atoms with E-state index >= 15 is 0 Å². The van der Waals surface area contributed by atoms with Gasteiger partial charge >= 0.3 is 0 Å². The fourth-order valence-electron chi connectivity index (χ4n) is 4.21. The molecule has 152 valence electrons. The number of nitrogens with one attached hydrogen (secondary N) is 2. The van der Waals surface area contributed by atoms with Gasteiger partial charge in [0, 0.05) is 30.4 Å². The van der Waals surface area contributed by atoms with E-state index in [1.54, 1.807) is 12.1 Å². The second kappa shape index (κ2) is 8.42. The lowest BCUT2D eigenvalue weighted by atomic mass is 9.92. The molecule has 2 N–H and O–H groups in total. The maximum absolute atomic E-state index is 12.5. The molecule has 8 heteroatoms. The number of anilines is 1. The van der Waals surface area contributed by atoms with E-state index in [1.807, 2.05) is 17.5 Å². The highest BCUT2D eigenvalue weighted by Gasteiger charge is 2.22. The van der Waals surface area contributed by atoms with Gasteiger partial charge in [0.1, 0.15) is 0 Å². The minimum atomic E-state index is -0.254. The lowest BCUT2D eigenvalue weighted by Gasteiger charge is -2.34. The lowest BCUT2D eigenvalue weighted by molar-refractivity contribution is -0.115. The van der Waals surface area contributed by atoms with Crippen LogP contribution in [0.1, 0.15) is 31.7 Å². The Hall–Kier alpha value is -2.58. The van der Waals surface area contributed by atoms with Crippen molar-refractivity contribution in [2.75, 3.05) is 18.4 Å². The molecule has 2 aromatic heterocycles. The van der Waals surface area contributed by atoms with Crippen LogP contribution in [-0.4, -0.2) is 39.1 Å². The SMILES string of the molecule is C[C@@H]1C[C@H](C)CN(Cc2csc(NC(=O)Cc3n[nH]c(=O)c4ccccc34)n2)C1. The molecule has 1 fully saturated rings. The van der Waals surface area contributed by atoms with Crippen LogP contribution in [-0.2, 0) is 17.8 Å². The Kier molecular flexibility index (Phi) is 5.73. The molecule has 3 aromatic rings. The van der Waals surface area contributed by atoms with Crippen molar-refractivity contribution in [3.8, 4) is 0 Å². The van der Waals surface area contributed by atoms with Crippen LogP contribution in [0.5, 0.6) is 0 Å². The van der Waals surface area contributed by atoms with Gasteiger partial charge in [-0.1, -0.05) is 32.0 Å². The number of hydrogen-bond donors (Lipinski definition) is 2. The standard InChI is InChI=1S/C21H25N5O2S/c1-13-7-14(2)10-26(9-13)11-15-12-29-21(22-15)23-19(27)8-18-16-5-3-4-6-17(16)20(28)25-24-18/h3-6,12-14H,7-11H2,1-2H3,(H,25,28)(H,22,23,27)/t13-,14+. The van der Waals surface area contributed by atoms with Gasteiger partial charge in [0.25, 0.3) is 5.56 Å². The van der Waals surface area contributed by atoms with E-state index in [4.69, 9.17) is 0 Å². The fourth-order valence-corrected chi connectivity index (χ4v) is 4.93. The molecule has 0 saturated carbocycles. The number of nitrogens with zero attached hydrogens (tertiary/aromatic N) is 3. The Labute approximate surface area is 173 Å². The van der Waals surface area contributed by atoms with Crippen LogP contribution in [0.15, 0.2) is 34.4 Å². The van der Waals surface area contributed by atoms with E-state index in [-0.39, 0.29) is 17.9 Å². The number of benzene rings is 1. The van der Waals surface area contributed by atoms with E-state index in [2.05, 4.69) is 39.2 Å². The van der Waals surface area contributed by atoms with E-state index in [0.717, 1.165) is 25.3 Å². The number of piperidine rings is 1. The second-order valence-corrected chi connectivity index (χ2v) is 8.91. The molecule has 29 heavy (non-hydrogen) atoms. The third-order valence-electron chi connectivity index (χ3n) is 5.23. The first-order valence-electron chi connectivity index (χ1n) is 9.91. The quantitative estimate of drug-likeness (QED) is 0.673. The van der Waals surface area contributed by atoms with Crippen molar-refractivity contribution in [2.45, 2.75) is 33.2 Å². The number of amides is 1. The smallest absolute Gasteiger partial charge is 0.272 e. The third-order valence-corrected chi connectivity index (χ3v) is 6.04. The highest BCUT2D eigenvalue weighted by atomic mass is 32.1. The number of carbonyl (C=O) groups is 1. The Morgan fingerprint density at radius 1 is 1.24 bits per heavy atom. The molecule has 1 aliphatic heterocycles. The van der Waals surface area contributed by atoms with Crippen LogP contribution in [0.3, 0.4) is 0 Å². The number of likely N-dealkylation sites (tertiary alicyclic amines) is 1. The number of thiazole rings is 1. The number of aromatic nitrogens is 3. The Balaban J connectivity index is 1.40. The van der Waals surface area contributed by atoms with Gasteiger partial charge in [-0.25, -0.2) is 10.1 Å². The molecular formula is C21H25N5O2S. The Morgan fingerprint density at radius 3 is 2.72 bits per heavy atom. The van der Waals surface area contributed by atoms with E-state index < -0.39 is 0 Å². The average Bonchev–Trinajstić information content (AvgIpc) is 3.10. The second-order valence-electron chi connectivity index (χ2n) is 8.05. The summed E-state index contributed by atoms with van der Waals surface area (Å²) in [7, 11) is 0. The number of fused-ring (bicyclic) bond motifs is 1. The molecule has 1 aliphatic rings. The summed E-state index contributed by atoms with van der Waals surface area (Å²) in [5, 5.41) is 13.2. The summed E-state index contributed by atoms with van der Waals surface area (Å²) in [5.74, 6) is 1.21. The van der Waals surface area contributed by atoms with Gasteiger partial charge in [-0.05, 0) is 24.3 Å². The van der Waals surface area contributed by atoms with Gasteiger partial charge in [0.15, 0.2) is 5.13 Å². The van der Waals surface area contributed by atoms with Crippen LogP contribution in [0.2, 0.25) is 0 Å². The maximum atomic E-state index is 12.5. The molecule has 0 unspecified atom stereocenters. The number of hydrogen-bond acceptors (Lipinski definition) is 6. The van der Waals surface area contributed by atoms with Crippen LogP contribution >= 0.6 is 11.3 Å². The van der Waals surface area contributed by atoms with Gasteiger partial charge in [-0.15, -0.1) is 11.3 Å². The summed E-state index contributed by atoms with van der Waals surface area (Å²) < 4.78 is 0. The molecule has 4 rings (SSSR count). The highest BCUT2D eigenvalue weighted by Crippen LogP contribution is 2.24. The van der Waals surface area contributed by atoms with E-state index in [0.29, 0.717) is 33.4 Å². The molecular weight excluding hydrogens is 386 g/mol. The maximum Gasteiger partial charge on any atom is 0.272 e. The van der Waals surface area contributed by atoms with Crippen molar-refractivity contribution in [1.82, 2.24) is 20.1 Å². The summed E-state index contributed by atoms with van der Waals surface area (Å²) in [4.78, 5) is 31.4. The lowest BCUT2D eigenvalue weighted by Crippen LogP contribution is -2.38. The van der Waals surface area contributed by atoms with E-state index in [1.165, 1.54) is 17.8 Å². The van der Waals surface area contributed by atoms with Crippen molar-refractivity contribution in [3.63, 3.8) is 0 Å². The first-order chi connectivity index (χ1) is 14.0. The molecule has 0 aliphatic carbocycles.